The smallest absolute Gasteiger partial charge is 0.303 e. The van der Waals surface area contributed by atoms with E-state index in [2.05, 4.69) is 49.1 Å². The summed E-state index contributed by atoms with van der Waals surface area (Å²) in [5.41, 5.74) is 4.16. The molecule has 0 saturated heterocycles. The molecule has 31 heavy (non-hydrogen) atoms. The highest BCUT2D eigenvalue weighted by Crippen LogP contribution is 2.35. The van der Waals surface area contributed by atoms with E-state index in [-0.39, 0.29) is 12.1 Å². The maximum atomic E-state index is 12.1. The summed E-state index contributed by atoms with van der Waals surface area (Å²) >= 11 is 0. The minimum Gasteiger partial charge on any atom is -0.456 e. The predicted molar refractivity (Wildman–Crippen MR) is 131 cm³/mol. The van der Waals surface area contributed by atoms with E-state index in [0.29, 0.717) is 0 Å². The Balaban J connectivity index is 1.93. The van der Waals surface area contributed by atoms with Gasteiger partial charge in [0.1, 0.15) is 6.10 Å². The van der Waals surface area contributed by atoms with Gasteiger partial charge in [-0.15, -0.1) is 0 Å². The molecule has 0 aliphatic heterocycles. The minimum absolute atomic E-state index is 0.186. The number of esters is 1. The van der Waals surface area contributed by atoms with E-state index in [9.17, 15) is 4.79 Å². The molecule has 0 bridgehead atoms. The fourth-order valence-corrected chi connectivity index (χ4v) is 5.02. The largest absolute Gasteiger partial charge is 0.456 e. The Labute approximate surface area is 189 Å². The number of nitrogens with zero attached hydrogens (tertiary/aromatic N) is 1. The second-order valence-corrected chi connectivity index (χ2v) is 9.17. The quantitative estimate of drug-likeness (QED) is 0.272. The molecule has 0 fully saturated rings. The van der Waals surface area contributed by atoms with Crippen molar-refractivity contribution >= 4 is 16.7 Å². The van der Waals surface area contributed by atoms with Gasteiger partial charge >= 0.3 is 5.97 Å². The lowest BCUT2D eigenvalue weighted by Crippen LogP contribution is -2.32. The first kappa shape index (κ1) is 23.8. The van der Waals surface area contributed by atoms with Crippen molar-refractivity contribution < 1.29 is 9.53 Å². The SMILES string of the molecule is CCCCCN(CCCCC)C[C@@H](OC(C)=O)c1cc2c(c3ccccc13)CCCC2. The van der Waals surface area contributed by atoms with Gasteiger partial charge in [0, 0.05) is 19.0 Å². The number of carbonyl (C=O) groups excluding carboxylic acids is 1. The Morgan fingerprint density at radius 3 is 2.26 bits per heavy atom. The molecule has 1 aliphatic carbocycles. The van der Waals surface area contributed by atoms with Crippen molar-refractivity contribution in [2.24, 2.45) is 0 Å². The van der Waals surface area contributed by atoms with E-state index in [1.54, 1.807) is 6.92 Å². The van der Waals surface area contributed by atoms with Crippen LogP contribution in [0.1, 0.15) is 94.9 Å². The van der Waals surface area contributed by atoms with Crippen molar-refractivity contribution in [1.82, 2.24) is 4.90 Å². The molecule has 0 N–H and O–H groups in total. The van der Waals surface area contributed by atoms with Crippen LogP contribution in [0.15, 0.2) is 30.3 Å². The summed E-state index contributed by atoms with van der Waals surface area (Å²) < 4.78 is 6.00. The summed E-state index contributed by atoms with van der Waals surface area (Å²) in [5, 5.41) is 2.62. The number of aryl methyl sites for hydroxylation is 2. The standard InChI is InChI=1S/C28H41NO2/c1-4-6-12-18-29(19-13-7-5-2)21-28(31-22(3)30)27-20-23-14-8-9-15-24(23)25-16-10-11-17-26(25)27/h10-11,16-17,20,28H,4-9,12-15,18-19,21H2,1-3H3/t28-/m1/s1. The van der Waals surface area contributed by atoms with Gasteiger partial charge in [0.05, 0.1) is 0 Å². The van der Waals surface area contributed by atoms with Crippen LogP contribution < -0.4 is 0 Å². The summed E-state index contributed by atoms with van der Waals surface area (Å²) in [6.45, 7) is 9.00. The molecule has 0 saturated carbocycles. The van der Waals surface area contributed by atoms with Crippen LogP contribution >= 0.6 is 0 Å². The molecule has 0 spiro atoms. The topological polar surface area (TPSA) is 29.5 Å². The van der Waals surface area contributed by atoms with E-state index in [1.165, 1.54) is 78.8 Å². The van der Waals surface area contributed by atoms with E-state index >= 15 is 0 Å². The Bertz CT molecular complexity index is 834. The molecular formula is C28H41NO2. The van der Waals surface area contributed by atoms with E-state index in [4.69, 9.17) is 4.74 Å². The maximum Gasteiger partial charge on any atom is 0.303 e. The molecular weight excluding hydrogens is 382 g/mol. The van der Waals surface area contributed by atoms with Crippen molar-refractivity contribution in [2.45, 2.75) is 91.1 Å². The van der Waals surface area contributed by atoms with Crippen molar-refractivity contribution in [2.75, 3.05) is 19.6 Å². The highest BCUT2D eigenvalue weighted by molar-refractivity contribution is 5.90. The number of hydrogen-bond acceptors (Lipinski definition) is 3. The Morgan fingerprint density at radius 1 is 0.968 bits per heavy atom. The van der Waals surface area contributed by atoms with Gasteiger partial charge in [0.25, 0.3) is 0 Å². The van der Waals surface area contributed by atoms with Gasteiger partial charge in [-0.05, 0) is 73.5 Å². The summed E-state index contributed by atoms with van der Waals surface area (Å²) in [7, 11) is 0. The van der Waals surface area contributed by atoms with Crippen LogP contribution in [0.2, 0.25) is 0 Å². The van der Waals surface area contributed by atoms with Gasteiger partial charge < -0.3 is 4.74 Å². The molecule has 1 atom stereocenters. The molecule has 0 heterocycles. The molecule has 2 aromatic carbocycles. The first-order chi connectivity index (χ1) is 15.1. The number of unbranched alkanes of at least 4 members (excludes halogenated alkanes) is 4. The Morgan fingerprint density at radius 2 is 1.61 bits per heavy atom. The zero-order valence-corrected chi connectivity index (χ0v) is 19.9. The summed E-state index contributed by atoms with van der Waals surface area (Å²) in [5.74, 6) is -0.186. The van der Waals surface area contributed by atoms with Crippen molar-refractivity contribution in [1.29, 1.82) is 0 Å². The van der Waals surface area contributed by atoms with Gasteiger partial charge in [-0.25, -0.2) is 0 Å². The minimum atomic E-state index is -0.210. The fraction of sp³-hybridized carbons (Fsp3) is 0.607. The molecule has 0 radical (unpaired) electrons. The average Bonchev–Trinajstić information content (AvgIpc) is 2.78. The average molecular weight is 424 g/mol. The van der Waals surface area contributed by atoms with E-state index in [1.807, 2.05) is 0 Å². The summed E-state index contributed by atoms with van der Waals surface area (Å²) in [6.07, 6.45) is 12.0. The van der Waals surface area contributed by atoms with Crippen molar-refractivity contribution in [3.05, 3.63) is 47.0 Å². The molecule has 3 heteroatoms. The van der Waals surface area contributed by atoms with Gasteiger partial charge in [0.15, 0.2) is 0 Å². The maximum absolute atomic E-state index is 12.1. The lowest BCUT2D eigenvalue weighted by atomic mass is 9.84. The molecule has 0 aromatic heterocycles. The normalized spacial score (nSPS) is 14.6. The number of ether oxygens (including phenoxy) is 1. The fourth-order valence-electron chi connectivity index (χ4n) is 5.02. The molecule has 2 aromatic rings. The van der Waals surface area contributed by atoms with E-state index in [0.717, 1.165) is 32.5 Å². The lowest BCUT2D eigenvalue weighted by molar-refractivity contribution is -0.147. The second-order valence-electron chi connectivity index (χ2n) is 9.17. The van der Waals surface area contributed by atoms with Crippen molar-refractivity contribution in [3.8, 4) is 0 Å². The van der Waals surface area contributed by atoms with Crippen molar-refractivity contribution in [3.63, 3.8) is 0 Å². The third-order valence-electron chi connectivity index (χ3n) is 6.64. The Hall–Kier alpha value is -1.87. The summed E-state index contributed by atoms with van der Waals surface area (Å²) in [4.78, 5) is 14.6. The second kappa shape index (κ2) is 12.2. The summed E-state index contributed by atoms with van der Waals surface area (Å²) in [6, 6.07) is 11.1. The van der Waals surface area contributed by atoms with E-state index < -0.39 is 0 Å². The monoisotopic (exact) mass is 423 g/mol. The van der Waals surface area contributed by atoms with Crippen LogP contribution in [-0.2, 0) is 22.4 Å². The van der Waals surface area contributed by atoms with Crippen LogP contribution in [0, 0.1) is 0 Å². The first-order valence-electron chi connectivity index (χ1n) is 12.6. The van der Waals surface area contributed by atoms with Crippen LogP contribution in [0.5, 0.6) is 0 Å². The number of fused-ring (bicyclic) bond motifs is 3. The third-order valence-corrected chi connectivity index (χ3v) is 6.64. The molecule has 3 nitrogen and oxygen atoms in total. The van der Waals surface area contributed by atoms with Gasteiger partial charge in [-0.1, -0.05) is 69.9 Å². The third kappa shape index (κ3) is 6.55. The molecule has 170 valence electrons. The van der Waals surface area contributed by atoms with Crippen LogP contribution in [-0.4, -0.2) is 30.5 Å². The highest BCUT2D eigenvalue weighted by Gasteiger charge is 2.24. The number of rotatable bonds is 12. The van der Waals surface area contributed by atoms with Gasteiger partial charge in [0.2, 0.25) is 0 Å². The molecule has 0 amide bonds. The number of hydrogen-bond donors (Lipinski definition) is 0. The Kier molecular flexibility index (Phi) is 9.39. The van der Waals surface area contributed by atoms with Gasteiger partial charge in [-0.2, -0.15) is 0 Å². The molecule has 1 aliphatic rings. The zero-order chi connectivity index (χ0) is 22.1. The first-order valence-corrected chi connectivity index (χ1v) is 12.6. The van der Waals surface area contributed by atoms with Crippen LogP contribution in [0.25, 0.3) is 10.8 Å². The lowest BCUT2D eigenvalue weighted by Gasteiger charge is -2.30. The highest BCUT2D eigenvalue weighted by atomic mass is 16.5. The zero-order valence-electron chi connectivity index (χ0n) is 19.9. The predicted octanol–water partition coefficient (Wildman–Crippen LogP) is 7.01. The van der Waals surface area contributed by atoms with Crippen LogP contribution in [0.4, 0.5) is 0 Å². The molecule has 3 rings (SSSR count). The molecule has 0 unspecified atom stereocenters. The van der Waals surface area contributed by atoms with Crippen LogP contribution in [0.3, 0.4) is 0 Å². The van der Waals surface area contributed by atoms with Gasteiger partial charge in [-0.3, -0.25) is 9.69 Å². The number of carbonyl (C=O) groups is 1. The number of benzene rings is 2.